The molecule has 0 aliphatic heterocycles. The molecule has 0 heterocycles. The van der Waals surface area contributed by atoms with Crippen molar-refractivity contribution in [2.24, 2.45) is 0 Å². The summed E-state index contributed by atoms with van der Waals surface area (Å²) in [6.07, 6.45) is 1.72. The first-order valence-electron chi connectivity index (χ1n) is 11.2. The van der Waals surface area contributed by atoms with E-state index in [1.54, 1.807) is 0 Å². The third-order valence-electron chi connectivity index (χ3n) is 5.77. The summed E-state index contributed by atoms with van der Waals surface area (Å²) in [5.41, 5.74) is 2.54. The maximum Gasteiger partial charge on any atom is 0.169 e. The fourth-order valence-corrected chi connectivity index (χ4v) is 4.07. The molecule has 0 saturated heterocycles. The molecule has 0 unspecified atom stereocenters. The van der Waals surface area contributed by atoms with Gasteiger partial charge in [-0.15, -0.1) is 0 Å². The van der Waals surface area contributed by atoms with Gasteiger partial charge in [0.1, 0.15) is 0 Å². The van der Waals surface area contributed by atoms with Crippen molar-refractivity contribution in [2.45, 2.75) is 12.8 Å². The summed E-state index contributed by atoms with van der Waals surface area (Å²) < 4.78 is 12.6. The Hall–Kier alpha value is -3.78. The minimum absolute atomic E-state index is 0.602. The minimum atomic E-state index is 0.602. The highest BCUT2D eigenvalue weighted by atomic mass is 16.5. The second kappa shape index (κ2) is 9.57. The van der Waals surface area contributed by atoms with E-state index in [0.717, 1.165) is 35.1 Å². The molecule has 2 heteroatoms. The van der Waals surface area contributed by atoms with E-state index in [1.165, 1.54) is 21.9 Å². The lowest BCUT2D eigenvalue weighted by Gasteiger charge is -2.16. The number of hydrogen-bond acceptors (Lipinski definition) is 2. The fourth-order valence-electron chi connectivity index (χ4n) is 4.07. The monoisotopic (exact) mass is 418 g/mol. The van der Waals surface area contributed by atoms with Crippen LogP contribution in [-0.4, -0.2) is 13.2 Å². The van der Waals surface area contributed by atoms with Gasteiger partial charge in [0.25, 0.3) is 0 Å². The van der Waals surface area contributed by atoms with Gasteiger partial charge in [-0.2, -0.15) is 0 Å². The van der Waals surface area contributed by atoms with Crippen LogP contribution in [0.2, 0.25) is 0 Å². The van der Waals surface area contributed by atoms with Crippen molar-refractivity contribution in [3.05, 3.63) is 120 Å². The molecule has 32 heavy (non-hydrogen) atoms. The Bertz CT molecular complexity index is 1310. The van der Waals surface area contributed by atoms with E-state index in [4.69, 9.17) is 9.47 Å². The summed E-state index contributed by atoms with van der Waals surface area (Å²) in [7, 11) is 0. The van der Waals surface area contributed by atoms with Crippen molar-refractivity contribution in [3.8, 4) is 11.5 Å². The van der Waals surface area contributed by atoms with Crippen LogP contribution in [0, 0.1) is 0 Å². The Morgan fingerprint density at radius 2 is 1.03 bits per heavy atom. The molecule has 0 atom stereocenters. The summed E-state index contributed by atoms with van der Waals surface area (Å²) in [5.74, 6) is 1.63. The zero-order valence-corrected chi connectivity index (χ0v) is 18.0. The predicted octanol–water partition coefficient (Wildman–Crippen LogP) is 7.24. The van der Waals surface area contributed by atoms with Crippen LogP contribution >= 0.6 is 0 Å². The molecule has 5 aromatic carbocycles. The number of hydrogen-bond donors (Lipinski definition) is 0. The molecule has 5 rings (SSSR count). The van der Waals surface area contributed by atoms with Gasteiger partial charge in [-0.25, -0.2) is 0 Å². The van der Waals surface area contributed by atoms with Gasteiger partial charge in [0.2, 0.25) is 0 Å². The standard InChI is InChI=1S/C30H26O2/c1-3-9-23(10-4-1)17-19-31-29-16-15-27-21-25-13-7-8-14-26(25)22-28(27)30(29)32-20-18-24-11-5-2-6-12-24/h1-16,21-22H,17-20H2. The van der Waals surface area contributed by atoms with Crippen molar-refractivity contribution < 1.29 is 9.47 Å². The van der Waals surface area contributed by atoms with E-state index in [2.05, 4.69) is 91.0 Å². The van der Waals surface area contributed by atoms with Crippen LogP contribution in [0.4, 0.5) is 0 Å². The lowest BCUT2D eigenvalue weighted by Crippen LogP contribution is -2.06. The summed E-state index contributed by atoms with van der Waals surface area (Å²) in [4.78, 5) is 0. The highest BCUT2D eigenvalue weighted by Gasteiger charge is 2.12. The van der Waals surface area contributed by atoms with E-state index in [0.29, 0.717) is 13.2 Å². The van der Waals surface area contributed by atoms with Crippen LogP contribution in [0.1, 0.15) is 11.1 Å². The molecular weight excluding hydrogens is 392 g/mol. The van der Waals surface area contributed by atoms with Gasteiger partial charge >= 0.3 is 0 Å². The van der Waals surface area contributed by atoms with E-state index in [-0.39, 0.29) is 0 Å². The van der Waals surface area contributed by atoms with Gasteiger partial charge in [0, 0.05) is 18.2 Å². The van der Waals surface area contributed by atoms with E-state index in [1.807, 2.05) is 18.2 Å². The number of fused-ring (bicyclic) bond motifs is 2. The molecular formula is C30H26O2. The van der Waals surface area contributed by atoms with E-state index < -0.39 is 0 Å². The van der Waals surface area contributed by atoms with E-state index in [9.17, 15) is 0 Å². The molecule has 0 spiro atoms. The van der Waals surface area contributed by atoms with Gasteiger partial charge in [0.15, 0.2) is 11.5 Å². The second-order valence-electron chi connectivity index (χ2n) is 7.98. The molecule has 0 aliphatic carbocycles. The normalized spacial score (nSPS) is 11.0. The van der Waals surface area contributed by atoms with Crippen LogP contribution in [0.25, 0.3) is 21.5 Å². The zero-order chi connectivity index (χ0) is 21.6. The lowest BCUT2D eigenvalue weighted by molar-refractivity contribution is 0.275. The summed E-state index contributed by atoms with van der Waals surface area (Å²) >= 11 is 0. The van der Waals surface area contributed by atoms with Crippen molar-refractivity contribution in [2.75, 3.05) is 13.2 Å². The van der Waals surface area contributed by atoms with Crippen LogP contribution in [0.15, 0.2) is 109 Å². The van der Waals surface area contributed by atoms with Crippen LogP contribution in [0.3, 0.4) is 0 Å². The van der Waals surface area contributed by atoms with Crippen molar-refractivity contribution in [1.29, 1.82) is 0 Å². The Morgan fingerprint density at radius 1 is 0.469 bits per heavy atom. The van der Waals surface area contributed by atoms with Gasteiger partial charge in [-0.1, -0.05) is 91.0 Å². The Labute approximate surface area is 189 Å². The lowest BCUT2D eigenvalue weighted by atomic mass is 10.0. The average molecular weight is 419 g/mol. The molecule has 0 N–H and O–H groups in total. The van der Waals surface area contributed by atoms with Gasteiger partial charge in [0.05, 0.1) is 13.2 Å². The number of rotatable bonds is 8. The van der Waals surface area contributed by atoms with E-state index >= 15 is 0 Å². The first kappa shape index (κ1) is 20.1. The zero-order valence-electron chi connectivity index (χ0n) is 18.0. The highest BCUT2D eigenvalue weighted by molar-refractivity contribution is 6.01. The smallest absolute Gasteiger partial charge is 0.169 e. The van der Waals surface area contributed by atoms with Crippen LogP contribution in [-0.2, 0) is 12.8 Å². The first-order chi connectivity index (χ1) is 15.9. The Morgan fingerprint density at radius 3 is 1.69 bits per heavy atom. The van der Waals surface area contributed by atoms with Gasteiger partial charge < -0.3 is 9.47 Å². The average Bonchev–Trinajstić information content (AvgIpc) is 2.85. The molecule has 5 aromatic rings. The molecule has 0 bridgehead atoms. The molecule has 0 saturated carbocycles. The molecule has 0 aliphatic rings. The molecule has 0 radical (unpaired) electrons. The molecule has 0 fully saturated rings. The molecule has 2 nitrogen and oxygen atoms in total. The largest absolute Gasteiger partial charge is 0.489 e. The Balaban J connectivity index is 1.43. The summed E-state index contributed by atoms with van der Waals surface area (Å²) in [6.45, 7) is 1.21. The molecule has 0 aromatic heterocycles. The van der Waals surface area contributed by atoms with Crippen LogP contribution < -0.4 is 9.47 Å². The first-order valence-corrected chi connectivity index (χ1v) is 11.2. The molecule has 0 amide bonds. The summed E-state index contributed by atoms with van der Waals surface area (Å²) in [5, 5.41) is 4.69. The van der Waals surface area contributed by atoms with Crippen LogP contribution in [0.5, 0.6) is 11.5 Å². The fraction of sp³-hybridized carbons (Fsp3) is 0.133. The third kappa shape index (κ3) is 4.60. The topological polar surface area (TPSA) is 18.5 Å². The van der Waals surface area contributed by atoms with Crippen molar-refractivity contribution >= 4 is 21.5 Å². The second-order valence-corrected chi connectivity index (χ2v) is 7.98. The van der Waals surface area contributed by atoms with Crippen molar-refractivity contribution in [1.82, 2.24) is 0 Å². The quantitative estimate of drug-likeness (QED) is 0.247. The van der Waals surface area contributed by atoms with Gasteiger partial charge in [-0.3, -0.25) is 0 Å². The summed E-state index contributed by atoms with van der Waals surface area (Å²) in [6, 6.07) is 37.9. The number of benzene rings is 5. The Kier molecular flexibility index (Phi) is 6.02. The predicted molar refractivity (Wildman–Crippen MR) is 133 cm³/mol. The minimum Gasteiger partial charge on any atom is -0.489 e. The highest BCUT2D eigenvalue weighted by Crippen LogP contribution is 2.38. The van der Waals surface area contributed by atoms with Gasteiger partial charge in [-0.05, 0) is 45.5 Å². The molecule has 158 valence electrons. The van der Waals surface area contributed by atoms with Crippen molar-refractivity contribution in [3.63, 3.8) is 0 Å². The third-order valence-corrected chi connectivity index (χ3v) is 5.77. The SMILES string of the molecule is c1ccc(CCOc2ccc3cc4ccccc4cc3c2OCCc2ccccc2)cc1. The number of ether oxygens (including phenoxy) is 2. The maximum atomic E-state index is 6.38. The maximum absolute atomic E-state index is 6.38.